The van der Waals surface area contributed by atoms with Gasteiger partial charge >= 0.3 is 0 Å². The molecular formula is C25H37N5O3S. The molecule has 0 spiro atoms. The molecular weight excluding hydrogens is 450 g/mol. The van der Waals surface area contributed by atoms with E-state index < -0.39 is 0 Å². The van der Waals surface area contributed by atoms with Crippen molar-refractivity contribution >= 4 is 23.2 Å². The van der Waals surface area contributed by atoms with Crippen LogP contribution >= 0.6 is 11.3 Å². The van der Waals surface area contributed by atoms with Crippen LogP contribution < -0.4 is 5.32 Å². The van der Waals surface area contributed by atoms with Gasteiger partial charge in [0, 0.05) is 61.8 Å². The first-order valence-electron chi connectivity index (χ1n) is 12.5. The van der Waals surface area contributed by atoms with E-state index in [1.165, 1.54) is 11.3 Å². The Labute approximate surface area is 206 Å². The van der Waals surface area contributed by atoms with Gasteiger partial charge in [-0.2, -0.15) is 5.10 Å². The molecule has 1 N–H and O–H groups in total. The van der Waals surface area contributed by atoms with Gasteiger partial charge in [0.15, 0.2) is 5.69 Å². The van der Waals surface area contributed by atoms with Crippen molar-refractivity contribution in [3.63, 3.8) is 0 Å². The highest BCUT2D eigenvalue weighted by molar-refractivity contribution is 7.09. The molecule has 2 amide bonds. The van der Waals surface area contributed by atoms with Crippen LogP contribution in [0.3, 0.4) is 0 Å². The number of likely N-dealkylation sites (N-methyl/N-ethyl adjacent to an activating group) is 1. The number of hydrogen-bond acceptors (Lipinski definition) is 6. The van der Waals surface area contributed by atoms with Crippen LogP contribution in [0.25, 0.3) is 0 Å². The summed E-state index contributed by atoms with van der Waals surface area (Å²) in [4.78, 5) is 31.8. The summed E-state index contributed by atoms with van der Waals surface area (Å²) in [5.41, 5.74) is 2.41. The van der Waals surface area contributed by atoms with E-state index in [4.69, 9.17) is 4.74 Å². The number of nitrogens with one attached hydrogen (secondary N) is 1. The fourth-order valence-electron chi connectivity index (χ4n) is 5.11. The third kappa shape index (κ3) is 5.87. The summed E-state index contributed by atoms with van der Waals surface area (Å²) < 4.78 is 7.15. The van der Waals surface area contributed by atoms with Crippen LogP contribution in [0.5, 0.6) is 0 Å². The van der Waals surface area contributed by atoms with Crippen molar-refractivity contribution in [1.29, 1.82) is 0 Å². The molecule has 1 fully saturated rings. The Morgan fingerprint density at radius 2 is 2.21 bits per heavy atom. The van der Waals surface area contributed by atoms with E-state index in [-0.39, 0.29) is 11.8 Å². The number of thiophene rings is 1. The Kier molecular flexibility index (Phi) is 8.74. The number of amides is 2. The lowest BCUT2D eigenvalue weighted by molar-refractivity contribution is -0.132. The van der Waals surface area contributed by atoms with Gasteiger partial charge in [-0.3, -0.25) is 19.2 Å². The van der Waals surface area contributed by atoms with Crippen LogP contribution in [-0.2, 0) is 35.5 Å². The molecule has 2 aliphatic rings. The van der Waals surface area contributed by atoms with E-state index in [9.17, 15) is 9.59 Å². The minimum atomic E-state index is -0.137. The molecule has 1 saturated heterocycles. The van der Waals surface area contributed by atoms with Crippen molar-refractivity contribution in [2.75, 3.05) is 39.9 Å². The number of aryl methyl sites for hydroxylation is 1. The van der Waals surface area contributed by atoms with E-state index in [0.29, 0.717) is 57.4 Å². The van der Waals surface area contributed by atoms with Crippen LogP contribution in [0.15, 0.2) is 17.5 Å². The smallest absolute Gasteiger partial charge is 0.272 e. The van der Waals surface area contributed by atoms with Crippen LogP contribution in [0.4, 0.5) is 0 Å². The topological polar surface area (TPSA) is 79.7 Å². The van der Waals surface area contributed by atoms with Gasteiger partial charge in [-0.25, -0.2) is 0 Å². The second-order valence-corrected chi connectivity index (χ2v) is 10.2. The van der Waals surface area contributed by atoms with E-state index >= 15 is 0 Å². The summed E-state index contributed by atoms with van der Waals surface area (Å²) in [6, 6.07) is 4.56. The number of nitrogens with zero attached hydrogens (tertiary/aromatic N) is 4. The third-order valence-corrected chi connectivity index (χ3v) is 7.94. The number of ether oxygens (including phenoxy) is 1. The molecule has 4 heterocycles. The van der Waals surface area contributed by atoms with Crippen LogP contribution in [0.1, 0.15) is 59.2 Å². The molecule has 186 valence electrons. The van der Waals surface area contributed by atoms with Crippen molar-refractivity contribution in [3.05, 3.63) is 39.3 Å². The summed E-state index contributed by atoms with van der Waals surface area (Å²) >= 11 is 1.74. The van der Waals surface area contributed by atoms with E-state index in [0.717, 1.165) is 43.6 Å². The van der Waals surface area contributed by atoms with Gasteiger partial charge in [0.1, 0.15) is 0 Å². The Hall–Kier alpha value is -2.23. The molecule has 8 nitrogen and oxygen atoms in total. The molecule has 0 aliphatic carbocycles. The van der Waals surface area contributed by atoms with Crippen molar-refractivity contribution < 1.29 is 14.3 Å². The second kappa shape index (κ2) is 12.0. The van der Waals surface area contributed by atoms with Gasteiger partial charge in [-0.1, -0.05) is 13.0 Å². The molecule has 0 bridgehead atoms. The van der Waals surface area contributed by atoms with Crippen molar-refractivity contribution in [2.45, 2.75) is 64.6 Å². The van der Waals surface area contributed by atoms with Gasteiger partial charge in [-0.05, 0) is 50.2 Å². The summed E-state index contributed by atoms with van der Waals surface area (Å²) in [6.07, 6.45) is 5.31. The minimum absolute atomic E-state index is 0.137. The molecule has 0 aromatic carbocycles. The molecule has 2 aromatic rings. The molecule has 0 saturated carbocycles. The second-order valence-electron chi connectivity index (χ2n) is 9.12. The fraction of sp³-hybridized carbons (Fsp3) is 0.640. The predicted molar refractivity (Wildman–Crippen MR) is 133 cm³/mol. The maximum absolute atomic E-state index is 13.2. The normalized spacial score (nSPS) is 18.3. The summed E-state index contributed by atoms with van der Waals surface area (Å²) in [5.74, 6) is 0.0186. The third-order valence-electron chi connectivity index (χ3n) is 7.01. The molecule has 2 aromatic heterocycles. The van der Waals surface area contributed by atoms with Gasteiger partial charge in [-0.15, -0.1) is 11.3 Å². The summed E-state index contributed by atoms with van der Waals surface area (Å²) in [6.45, 7) is 7.16. The minimum Gasteiger partial charge on any atom is -0.383 e. The number of hydrogen-bond donors (Lipinski definition) is 1. The van der Waals surface area contributed by atoms with Crippen LogP contribution in [-0.4, -0.2) is 77.3 Å². The lowest BCUT2D eigenvalue weighted by Gasteiger charge is -2.28. The number of aromatic nitrogens is 2. The molecule has 4 rings (SSSR count). The zero-order chi connectivity index (χ0) is 23.9. The summed E-state index contributed by atoms with van der Waals surface area (Å²) in [7, 11) is 1.67. The van der Waals surface area contributed by atoms with E-state index in [1.807, 2.05) is 15.6 Å². The Balaban J connectivity index is 1.41. The number of methoxy groups -OCH3 is 1. The lowest BCUT2D eigenvalue weighted by Crippen LogP contribution is -2.41. The highest BCUT2D eigenvalue weighted by atomic mass is 32.1. The number of likely N-dealkylation sites (tertiary alicyclic amines) is 1. The average Bonchev–Trinajstić information content (AvgIpc) is 3.60. The monoisotopic (exact) mass is 487 g/mol. The fourth-order valence-corrected chi connectivity index (χ4v) is 5.86. The van der Waals surface area contributed by atoms with Gasteiger partial charge < -0.3 is 15.0 Å². The molecule has 2 aliphatic heterocycles. The quantitative estimate of drug-likeness (QED) is 0.527. The van der Waals surface area contributed by atoms with Gasteiger partial charge in [0.2, 0.25) is 5.91 Å². The molecule has 1 atom stereocenters. The largest absolute Gasteiger partial charge is 0.383 e. The standard InChI is InChI=1S/C25H37N5O3S/c1-3-28-12-5-7-19(28)17-26-25(32)24-21-18-29(13-11-22(21)30(27-24)14-15-33-2)23(31)10-4-8-20-9-6-16-34-20/h6,9,16,19H,3-5,7-8,10-15,17-18H2,1-2H3,(H,26,32). The first-order chi connectivity index (χ1) is 16.6. The molecule has 0 radical (unpaired) electrons. The summed E-state index contributed by atoms with van der Waals surface area (Å²) in [5, 5.41) is 9.88. The lowest BCUT2D eigenvalue weighted by atomic mass is 10.0. The zero-order valence-electron chi connectivity index (χ0n) is 20.4. The van der Waals surface area contributed by atoms with Gasteiger partial charge in [0.25, 0.3) is 5.91 Å². The number of rotatable bonds is 11. The number of fused-ring (bicyclic) bond motifs is 1. The predicted octanol–water partition coefficient (Wildman–Crippen LogP) is 2.71. The van der Waals surface area contributed by atoms with Gasteiger partial charge in [0.05, 0.1) is 13.2 Å². The van der Waals surface area contributed by atoms with Crippen LogP contribution in [0, 0.1) is 0 Å². The van der Waals surface area contributed by atoms with Crippen LogP contribution in [0.2, 0.25) is 0 Å². The highest BCUT2D eigenvalue weighted by Crippen LogP contribution is 2.24. The van der Waals surface area contributed by atoms with Crippen molar-refractivity contribution in [3.8, 4) is 0 Å². The van der Waals surface area contributed by atoms with E-state index in [2.05, 4.69) is 33.7 Å². The SMILES string of the molecule is CCN1CCCC1CNC(=O)c1nn(CCOC)c2c1CN(C(=O)CCCc1cccs1)CC2. The average molecular weight is 488 g/mol. The Morgan fingerprint density at radius 3 is 2.97 bits per heavy atom. The molecule has 34 heavy (non-hydrogen) atoms. The Morgan fingerprint density at radius 1 is 1.32 bits per heavy atom. The number of carbonyl (C=O) groups is 2. The van der Waals surface area contributed by atoms with Crippen molar-refractivity contribution in [2.24, 2.45) is 0 Å². The molecule has 1 unspecified atom stereocenters. The maximum Gasteiger partial charge on any atom is 0.272 e. The van der Waals surface area contributed by atoms with Crippen molar-refractivity contribution in [1.82, 2.24) is 24.9 Å². The zero-order valence-corrected chi connectivity index (χ0v) is 21.2. The highest BCUT2D eigenvalue weighted by Gasteiger charge is 2.31. The first kappa shape index (κ1) is 24.9. The maximum atomic E-state index is 13.2. The Bertz CT molecular complexity index is 958. The molecule has 9 heteroatoms. The number of carbonyl (C=O) groups excluding carboxylic acids is 2. The van der Waals surface area contributed by atoms with E-state index in [1.54, 1.807) is 18.4 Å². The first-order valence-corrected chi connectivity index (χ1v) is 13.4.